The first-order chi connectivity index (χ1) is 17.7. The lowest BCUT2D eigenvalue weighted by Gasteiger charge is -2.18. The van der Waals surface area contributed by atoms with Gasteiger partial charge in [-0.2, -0.15) is 13.2 Å². The van der Waals surface area contributed by atoms with E-state index in [1.807, 2.05) is 18.2 Å². The number of ether oxygens (including phenoxy) is 1. The molecule has 4 rings (SSSR count). The normalized spacial score (nSPS) is 12.2. The van der Waals surface area contributed by atoms with E-state index in [4.69, 9.17) is 4.74 Å². The molecule has 0 spiro atoms. The molecule has 0 aromatic heterocycles. The maximum absolute atomic E-state index is 13.2. The summed E-state index contributed by atoms with van der Waals surface area (Å²) in [4.78, 5) is 25.1. The van der Waals surface area contributed by atoms with Gasteiger partial charge in [-0.25, -0.2) is 4.79 Å². The number of fused-ring (bicyclic) bond motifs is 1. The molecule has 2 N–H and O–H groups in total. The quantitative estimate of drug-likeness (QED) is 0.296. The maximum atomic E-state index is 13.2. The van der Waals surface area contributed by atoms with Crippen LogP contribution in [0.4, 0.5) is 13.2 Å². The molecule has 1 amide bonds. The van der Waals surface area contributed by atoms with Crippen LogP contribution in [0.5, 0.6) is 5.75 Å². The summed E-state index contributed by atoms with van der Waals surface area (Å²) in [7, 11) is 0. The smallest absolute Gasteiger partial charge is 0.416 e. The number of alkyl halides is 3. The van der Waals surface area contributed by atoms with Crippen molar-refractivity contribution < 1.29 is 32.6 Å². The van der Waals surface area contributed by atoms with Crippen LogP contribution in [0.25, 0.3) is 10.8 Å². The Bertz CT molecular complexity index is 1390. The summed E-state index contributed by atoms with van der Waals surface area (Å²) < 4.78 is 44.5. The number of carboxylic acid groups (broad SMARTS) is 1. The zero-order valence-electron chi connectivity index (χ0n) is 19.7. The Morgan fingerprint density at radius 1 is 0.838 bits per heavy atom. The van der Waals surface area contributed by atoms with Crippen LogP contribution in [-0.4, -0.2) is 29.6 Å². The fraction of sp³-hybridized carbons (Fsp3) is 0.172. The molecular formula is C29H24F3NO4. The van der Waals surface area contributed by atoms with E-state index in [1.54, 1.807) is 48.5 Å². The minimum atomic E-state index is -4.41. The number of rotatable bonds is 9. The average molecular weight is 508 g/mol. The molecule has 37 heavy (non-hydrogen) atoms. The second kappa shape index (κ2) is 11.2. The van der Waals surface area contributed by atoms with E-state index in [-0.39, 0.29) is 24.3 Å². The molecule has 0 heterocycles. The van der Waals surface area contributed by atoms with Gasteiger partial charge in [-0.15, -0.1) is 0 Å². The Morgan fingerprint density at radius 2 is 1.51 bits per heavy atom. The molecule has 0 aliphatic heterocycles. The highest BCUT2D eigenvalue weighted by atomic mass is 19.4. The predicted octanol–water partition coefficient (Wildman–Crippen LogP) is 5.91. The molecule has 5 nitrogen and oxygen atoms in total. The van der Waals surface area contributed by atoms with E-state index in [0.29, 0.717) is 17.4 Å². The van der Waals surface area contributed by atoms with Crippen molar-refractivity contribution in [2.24, 2.45) is 0 Å². The highest BCUT2D eigenvalue weighted by Crippen LogP contribution is 2.31. The Kier molecular flexibility index (Phi) is 7.77. The second-order valence-electron chi connectivity index (χ2n) is 8.51. The minimum absolute atomic E-state index is 0.103. The van der Waals surface area contributed by atoms with Crippen LogP contribution in [0, 0.1) is 0 Å². The van der Waals surface area contributed by atoms with Crippen LogP contribution in [0.15, 0.2) is 91.0 Å². The summed E-state index contributed by atoms with van der Waals surface area (Å²) in [6.45, 7) is 0.103. The molecule has 0 saturated carbocycles. The van der Waals surface area contributed by atoms with Gasteiger partial charge in [0.2, 0.25) is 0 Å². The Hall–Kier alpha value is -4.33. The zero-order chi connectivity index (χ0) is 26.4. The van der Waals surface area contributed by atoms with Crippen LogP contribution in [0.1, 0.15) is 27.0 Å². The largest absolute Gasteiger partial charge is 0.492 e. The van der Waals surface area contributed by atoms with Crippen molar-refractivity contribution >= 4 is 22.6 Å². The molecule has 0 fully saturated rings. The molecule has 4 aromatic rings. The molecule has 0 bridgehead atoms. The van der Waals surface area contributed by atoms with E-state index in [9.17, 15) is 27.9 Å². The van der Waals surface area contributed by atoms with Crippen molar-refractivity contribution in [1.29, 1.82) is 0 Å². The molecular weight excluding hydrogens is 483 g/mol. The van der Waals surface area contributed by atoms with Crippen LogP contribution in [-0.2, 0) is 23.8 Å². The van der Waals surface area contributed by atoms with Crippen molar-refractivity contribution in [3.63, 3.8) is 0 Å². The van der Waals surface area contributed by atoms with E-state index in [2.05, 4.69) is 5.32 Å². The van der Waals surface area contributed by atoms with Crippen molar-refractivity contribution in [2.45, 2.75) is 25.1 Å². The average Bonchev–Trinajstić information content (AvgIpc) is 2.88. The van der Waals surface area contributed by atoms with Crippen LogP contribution < -0.4 is 10.1 Å². The number of hydrogen-bond acceptors (Lipinski definition) is 3. The lowest BCUT2D eigenvalue weighted by Crippen LogP contribution is -2.42. The summed E-state index contributed by atoms with van der Waals surface area (Å²) in [5, 5.41) is 13.8. The molecule has 8 heteroatoms. The summed E-state index contributed by atoms with van der Waals surface area (Å²) in [6.07, 6.45) is -3.98. The number of aliphatic carboxylic acids is 1. The summed E-state index contributed by atoms with van der Waals surface area (Å²) in [5.74, 6) is -1.48. The standard InChI is InChI=1S/C29H24F3NO4/c30-29(31,32)22-13-10-19(11-14-22)16-17-37-26-23-9-5-4-8-21(23)12-15-24(26)27(34)33-25(28(35)36)18-20-6-2-1-3-7-20/h1-15,25H,16-18H2,(H,33,34)(H,35,36)/t25-/m0/s1. The van der Waals surface area contributed by atoms with Gasteiger partial charge in [0.1, 0.15) is 11.8 Å². The van der Waals surface area contributed by atoms with Gasteiger partial charge >= 0.3 is 12.1 Å². The van der Waals surface area contributed by atoms with Crippen molar-refractivity contribution in [3.05, 3.63) is 113 Å². The van der Waals surface area contributed by atoms with Crippen molar-refractivity contribution in [2.75, 3.05) is 6.61 Å². The number of carboxylic acids is 1. The van der Waals surface area contributed by atoms with Gasteiger partial charge in [0.15, 0.2) is 0 Å². The number of nitrogens with one attached hydrogen (secondary N) is 1. The van der Waals surface area contributed by atoms with E-state index in [0.717, 1.165) is 23.1 Å². The van der Waals surface area contributed by atoms with E-state index >= 15 is 0 Å². The number of amides is 1. The highest BCUT2D eigenvalue weighted by molar-refractivity contribution is 6.04. The molecule has 0 aliphatic carbocycles. The Morgan fingerprint density at radius 3 is 2.19 bits per heavy atom. The maximum Gasteiger partial charge on any atom is 0.416 e. The number of carbonyl (C=O) groups is 2. The fourth-order valence-electron chi connectivity index (χ4n) is 3.99. The summed E-state index contributed by atoms with van der Waals surface area (Å²) in [5.41, 5.74) is 0.855. The Labute approximate surface area is 211 Å². The van der Waals surface area contributed by atoms with Gasteiger partial charge in [-0.1, -0.05) is 72.8 Å². The molecule has 0 saturated heterocycles. The van der Waals surface area contributed by atoms with Gasteiger partial charge < -0.3 is 15.2 Å². The third kappa shape index (κ3) is 6.46. The topological polar surface area (TPSA) is 75.6 Å². The number of carbonyl (C=O) groups excluding carboxylic acids is 1. The third-order valence-corrected chi connectivity index (χ3v) is 5.93. The number of hydrogen-bond donors (Lipinski definition) is 2. The fourth-order valence-corrected chi connectivity index (χ4v) is 3.99. The molecule has 0 unspecified atom stereocenters. The summed E-state index contributed by atoms with van der Waals surface area (Å²) in [6, 6.07) is 23.3. The molecule has 1 atom stereocenters. The highest BCUT2D eigenvalue weighted by Gasteiger charge is 2.30. The lowest BCUT2D eigenvalue weighted by atomic mass is 10.0. The predicted molar refractivity (Wildman–Crippen MR) is 134 cm³/mol. The number of halogens is 3. The first-order valence-corrected chi connectivity index (χ1v) is 11.6. The molecule has 4 aromatic carbocycles. The van der Waals surface area contributed by atoms with Crippen LogP contribution in [0.2, 0.25) is 0 Å². The Balaban J connectivity index is 1.54. The van der Waals surface area contributed by atoms with Crippen LogP contribution in [0.3, 0.4) is 0 Å². The van der Waals surface area contributed by atoms with E-state index < -0.39 is 29.7 Å². The molecule has 0 aliphatic rings. The van der Waals surface area contributed by atoms with Gasteiger partial charge in [0, 0.05) is 18.2 Å². The lowest BCUT2D eigenvalue weighted by molar-refractivity contribution is -0.139. The van der Waals surface area contributed by atoms with E-state index in [1.165, 1.54) is 12.1 Å². The molecule has 190 valence electrons. The number of benzene rings is 4. The van der Waals surface area contributed by atoms with Gasteiger partial charge in [-0.05, 0) is 34.7 Å². The van der Waals surface area contributed by atoms with Crippen molar-refractivity contribution in [1.82, 2.24) is 5.32 Å². The first kappa shape index (κ1) is 25.8. The minimum Gasteiger partial charge on any atom is -0.492 e. The zero-order valence-corrected chi connectivity index (χ0v) is 19.7. The second-order valence-corrected chi connectivity index (χ2v) is 8.51. The SMILES string of the molecule is O=C(N[C@@H](Cc1ccccc1)C(=O)O)c1ccc2ccccc2c1OCCc1ccc(C(F)(F)F)cc1. The summed E-state index contributed by atoms with van der Waals surface area (Å²) >= 11 is 0. The third-order valence-electron chi connectivity index (χ3n) is 5.93. The van der Waals surface area contributed by atoms with Gasteiger partial charge in [0.25, 0.3) is 5.91 Å². The monoisotopic (exact) mass is 507 g/mol. The van der Waals surface area contributed by atoms with Crippen molar-refractivity contribution in [3.8, 4) is 5.75 Å². The molecule has 0 radical (unpaired) electrons. The van der Waals surface area contributed by atoms with Gasteiger partial charge in [-0.3, -0.25) is 4.79 Å². The first-order valence-electron chi connectivity index (χ1n) is 11.6. The van der Waals surface area contributed by atoms with Crippen LogP contribution >= 0.6 is 0 Å². The van der Waals surface area contributed by atoms with Gasteiger partial charge in [0.05, 0.1) is 17.7 Å².